The highest BCUT2D eigenvalue weighted by Gasteiger charge is 2.09. The summed E-state index contributed by atoms with van der Waals surface area (Å²) in [4.78, 5) is 10.0. The van der Waals surface area contributed by atoms with E-state index in [0.717, 1.165) is 16.9 Å². The van der Waals surface area contributed by atoms with E-state index in [1.807, 2.05) is 24.9 Å². The van der Waals surface area contributed by atoms with E-state index in [2.05, 4.69) is 9.97 Å². The highest BCUT2D eigenvalue weighted by atomic mass is 35.5. The molecular weight excluding hydrogens is 253 g/mol. The average molecular weight is 266 g/mol. The molecule has 0 unspecified atom stereocenters. The third kappa shape index (κ3) is 2.96. The lowest BCUT2D eigenvalue weighted by Gasteiger charge is -2.20. The molecule has 94 valence electrons. The van der Waals surface area contributed by atoms with Crippen LogP contribution in [0, 0.1) is 12.7 Å². The number of hydrogen-bond donors (Lipinski definition) is 0. The Balaban J connectivity index is 2.21. The zero-order valence-corrected chi connectivity index (χ0v) is 10.9. The summed E-state index contributed by atoms with van der Waals surface area (Å²) in [5.74, 6) is 0.512. The van der Waals surface area contributed by atoms with Gasteiger partial charge in [0.1, 0.15) is 11.6 Å². The van der Waals surface area contributed by atoms with E-state index < -0.39 is 0 Å². The summed E-state index contributed by atoms with van der Waals surface area (Å²) in [5.41, 5.74) is 1.81. The van der Waals surface area contributed by atoms with Gasteiger partial charge < -0.3 is 4.90 Å². The van der Waals surface area contributed by atoms with Gasteiger partial charge >= 0.3 is 0 Å². The maximum atomic E-state index is 13.1. The molecule has 1 aromatic heterocycles. The predicted molar refractivity (Wildman–Crippen MR) is 70.3 cm³/mol. The fraction of sp³-hybridized carbons (Fsp3) is 0.231. The molecule has 2 aromatic rings. The Kier molecular flexibility index (Phi) is 3.77. The molecule has 0 fully saturated rings. The van der Waals surface area contributed by atoms with Gasteiger partial charge in [0, 0.05) is 25.4 Å². The smallest absolute Gasteiger partial charge is 0.224 e. The molecule has 0 atom stereocenters. The first-order chi connectivity index (χ1) is 8.56. The van der Waals surface area contributed by atoms with Gasteiger partial charge in [-0.1, -0.05) is 12.1 Å². The number of anilines is 1. The monoisotopic (exact) mass is 265 g/mol. The van der Waals surface area contributed by atoms with E-state index >= 15 is 0 Å². The molecule has 0 saturated heterocycles. The molecule has 0 aliphatic heterocycles. The lowest BCUT2D eigenvalue weighted by Crippen LogP contribution is -2.19. The minimum atomic E-state index is -0.238. The molecule has 1 aromatic carbocycles. The van der Waals surface area contributed by atoms with Crippen molar-refractivity contribution in [3.8, 4) is 0 Å². The molecule has 0 radical (unpaired) electrons. The third-order valence-electron chi connectivity index (χ3n) is 2.59. The van der Waals surface area contributed by atoms with Crippen molar-refractivity contribution < 1.29 is 4.39 Å². The molecule has 0 spiro atoms. The first-order valence-corrected chi connectivity index (χ1v) is 5.89. The summed E-state index contributed by atoms with van der Waals surface area (Å²) < 4.78 is 13.1. The molecule has 0 aliphatic carbocycles. The topological polar surface area (TPSA) is 29.0 Å². The Hall–Kier alpha value is -1.68. The molecule has 3 nitrogen and oxygen atoms in total. The lowest BCUT2D eigenvalue weighted by atomic mass is 10.2. The highest BCUT2D eigenvalue weighted by molar-refractivity contribution is 6.28. The fourth-order valence-electron chi connectivity index (χ4n) is 1.78. The van der Waals surface area contributed by atoms with E-state index in [4.69, 9.17) is 11.6 Å². The van der Waals surface area contributed by atoms with E-state index in [9.17, 15) is 4.39 Å². The lowest BCUT2D eigenvalue weighted by molar-refractivity contribution is 0.625. The van der Waals surface area contributed by atoms with Crippen molar-refractivity contribution in [1.82, 2.24) is 9.97 Å². The number of nitrogens with zero attached hydrogens (tertiary/aromatic N) is 3. The summed E-state index contributed by atoms with van der Waals surface area (Å²) in [6.07, 6.45) is 1.67. The number of aromatic nitrogens is 2. The van der Waals surface area contributed by atoms with Crippen molar-refractivity contribution in [2.75, 3.05) is 11.9 Å². The van der Waals surface area contributed by atoms with Crippen LogP contribution in [0.1, 0.15) is 11.1 Å². The van der Waals surface area contributed by atoms with Crippen LogP contribution < -0.4 is 4.90 Å². The van der Waals surface area contributed by atoms with Crippen LogP contribution in [0.5, 0.6) is 0 Å². The number of benzene rings is 1. The van der Waals surface area contributed by atoms with Gasteiger partial charge in [0.15, 0.2) is 0 Å². The summed E-state index contributed by atoms with van der Waals surface area (Å²) >= 11 is 5.78. The predicted octanol–water partition coefficient (Wildman–Crippen LogP) is 3.21. The van der Waals surface area contributed by atoms with E-state index in [1.54, 1.807) is 12.3 Å². The Bertz CT molecular complexity index is 560. The third-order valence-corrected chi connectivity index (χ3v) is 2.77. The van der Waals surface area contributed by atoms with Crippen LogP contribution in [0.3, 0.4) is 0 Å². The number of halogens is 2. The molecule has 0 aliphatic rings. The first-order valence-electron chi connectivity index (χ1n) is 5.51. The molecule has 0 amide bonds. The van der Waals surface area contributed by atoms with Crippen LogP contribution >= 0.6 is 11.6 Å². The van der Waals surface area contributed by atoms with Crippen LogP contribution in [0.4, 0.5) is 10.2 Å². The summed E-state index contributed by atoms with van der Waals surface area (Å²) in [7, 11) is 1.89. The molecule has 2 rings (SSSR count). The quantitative estimate of drug-likeness (QED) is 0.798. The summed E-state index contributed by atoms with van der Waals surface area (Å²) in [6.45, 7) is 2.47. The van der Waals surface area contributed by atoms with Crippen LogP contribution in [-0.2, 0) is 6.54 Å². The Labute approximate surface area is 110 Å². The van der Waals surface area contributed by atoms with E-state index in [1.165, 1.54) is 12.1 Å². The standard InChI is InChI=1S/C13H13ClFN3/c1-9-7-16-13(14)17-12(9)18(2)8-10-4-3-5-11(15)6-10/h3-7H,8H2,1-2H3. The number of rotatable bonds is 3. The summed E-state index contributed by atoms with van der Waals surface area (Å²) in [6, 6.07) is 6.50. The minimum absolute atomic E-state index is 0.210. The Morgan fingerprint density at radius 2 is 2.17 bits per heavy atom. The van der Waals surface area contributed by atoms with Gasteiger partial charge in [0.05, 0.1) is 0 Å². The van der Waals surface area contributed by atoms with Crippen molar-refractivity contribution in [3.05, 3.63) is 52.7 Å². The van der Waals surface area contributed by atoms with Crippen molar-refractivity contribution in [2.45, 2.75) is 13.5 Å². The van der Waals surface area contributed by atoms with Crippen molar-refractivity contribution in [3.63, 3.8) is 0 Å². The van der Waals surface area contributed by atoms with Crippen molar-refractivity contribution >= 4 is 17.4 Å². The Morgan fingerprint density at radius 1 is 1.39 bits per heavy atom. The molecule has 0 bridgehead atoms. The number of hydrogen-bond acceptors (Lipinski definition) is 3. The van der Waals surface area contributed by atoms with Crippen LogP contribution in [0.2, 0.25) is 5.28 Å². The van der Waals surface area contributed by atoms with Gasteiger partial charge in [-0.15, -0.1) is 0 Å². The first kappa shape index (κ1) is 12.8. The largest absolute Gasteiger partial charge is 0.355 e. The normalized spacial score (nSPS) is 10.4. The van der Waals surface area contributed by atoms with E-state index in [-0.39, 0.29) is 11.1 Å². The molecule has 1 heterocycles. The zero-order valence-electron chi connectivity index (χ0n) is 10.2. The Morgan fingerprint density at radius 3 is 2.89 bits per heavy atom. The maximum absolute atomic E-state index is 13.1. The summed E-state index contributed by atoms with van der Waals surface area (Å²) in [5, 5.41) is 0.210. The van der Waals surface area contributed by atoms with Gasteiger partial charge in [-0.2, -0.15) is 0 Å². The van der Waals surface area contributed by atoms with Crippen LogP contribution in [-0.4, -0.2) is 17.0 Å². The maximum Gasteiger partial charge on any atom is 0.224 e. The van der Waals surface area contributed by atoms with Crippen molar-refractivity contribution in [2.24, 2.45) is 0 Å². The zero-order chi connectivity index (χ0) is 13.1. The second kappa shape index (κ2) is 5.31. The average Bonchev–Trinajstić information content (AvgIpc) is 2.32. The van der Waals surface area contributed by atoms with Crippen LogP contribution in [0.25, 0.3) is 0 Å². The molecule has 0 N–H and O–H groups in total. The SMILES string of the molecule is Cc1cnc(Cl)nc1N(C)Cc1cccc(F)c1. The number of aryl methyl sites for hydroxylation is 1. The van der Waals surface area contributed by atoms with Gasteiger partial charge in [0.2, 0.25) is 5.28 Å². The van der Waals surface area contributed by atoms with Gasteiger partial charge in [-0.3, -0.25) is 0 Å². The van der Waals surface area contributed by atoms with Crippen molar-refractivity contribution in [1.29, 1.82) is 0 Å². The second-order valence-corrected chi connectivity index (χ2v) is 4.47. The fourth-order valence-corrected chi connectivity index (χ4v) is 1.91. The molecule has 0 saturated carbocycles. The van der Waals surface area contributed by atoms with Gasteiger partial charge in [-0.05, 0) is 36.2 Å². The molecular formula is C13H13ClFN3. The van der Waals surface area contributed by atoms with Crippen LogP contribution in [0.15, 0.2) is 30.5 Å². The molecule has 18 heavy (non-hydrogen) atoms. The van der Waals surface area contributed by atoms with Gasteiger partial charge in [-0.25, -0.2) is 14.4 Å². The highest BCUT2D eigenvalue weighted by Crippen LogP contribution is 2.19. The minimum Gasteiger partial charge on any atom is -0.355 e. The van der Waals surface area contributed by atoms with E-state index in [0.29, 0.717) is 6.54 Å². The second-order valence-electron chi connectivity index (χ2n) is 4.13. The van der Waals surface area contributed by atoms with Gasteiger partial charge in [0.25, 0.3) is 0 Å². The molecule has 5 heteroatoms.